The number of alkyl halides is 3. The zero-order chi connectivity index (χ0) is 21.8. The predicted octanol–water partition coefficient (Wildman–Crippen LogP) is 2.69. The summed E-state index contributed by atoms with van der Waals surface area (Å²) in [5.41, 5.74) is -0.0660. The smallest absolute Gasteiger partial charge is 0.405 e. The first kappa shape index (κ1) is 22.3. The standard InChI is InChI=1S/C19H22F3N3O4S/c20-19(21,22)13-23-18(26)14-5-7-15(8-6-14)30(27,28)24-12-16(17-4-3-11-29-17)25-9-1-2-10-25/h3-8,11,16,24H,1-2,9-10,12-13H2,(H,23,26). The maximum Gasteiger partial charge on any atom is 0.405 e. The summed E-state index contributed by atoms with van der Waals surface area (Å²) in [5.74, 6) is -0.271. The molecule has 0 bridgehead atoms. The molecule has 2 heterocycles. The molecule has 1 amide bonds. The van der Waals surface area contributed by atoms with E-state index in [1.807, 2.05) is 0 Å². The summed E-state index contributed by atoms with van der Waals surface area (Å²) < 4.78 is 69.9. The Kier molecular flexibility index (Phi) is 6.84. The van der Waals surface area contributed by atoms with Crippen molar-refractivity contribution in [2.24, 2.45) is 0 Å². The Morgan fingerprint density at radius 2 is 1.80 bits per heavy atom. The van der Waals surface area contributed by atoms with Gasteiger partial charge in [0.1, 0.15) is 12.3 Å². The quantitative estimate of drug-likeness (QED) is 0.652. The summed E-state index contributed by atoms with van der Waals surface area (Å²) in [6.07, 6.45) is -0.929. The van der Waals surface area contributed by atoms with Gasteiger partial charge in [-0.2, -0.15) is 13.2 Å². The van der Waals surface area contributed by atoms with Crippen LogP contribution < -0.4 is 10.0 Å². The number of nitrogens with one attached hydrogen (secondary N) is 2. The van der Waals surface area contributed by atoms with Crippen molar-refractivity contribution in [2.45, 2.75) is 30.0 Å². The van der Waals surface area contributed by atoms with E-state index in [4.69, 9.17) is 4.42 Å². The van der Waals surface area contributed by atoms with E-state index in [0.29, 0.717) is 5.76 Å². The molecule has 1 aliphatic heterocycles. The van der Waals surface area contributed by atoms with Crippen LogP contribution in [0.15, 0.2) is 52.0 Å². The third-order valence-corrected chi connectivity index (χ3v) is 6.24. The van der Waals surface area contributed by atoms with Crippen LogP contribution in [0.3, 0.4) is 0 Å². The molecule has 1 unspecified atom stereocenters. The minimum atomic E-state index is -4.53. The number of hydrogen-bond acceptors (Lipinski definition) is 5. The lowest BCUT2D eigenvalue weighted by Gasteiger charge is -2.26. The molecule has 3 rings (SSSR count). The van der Waals surface area contributed by atoms with Crippen molar-refractivity contribution in [2.75, 3.05) is 26.2 Å². The van der Waals surface area contributed by atoms with Gasteiger partial charge in [-0.1, -0.05) is 0 Å². The van der Waals surface area contributed by atoms with Crippen LogP contribution in [0.4, 0.5) is 13.2 Å². The van der Waals surface area contributed by atoms with Gasteiger partial charge in [-0.15, -0.1) is 0 Å². The average Bonchev–Trinajstić information content (AvgIpc) is 3.40. The number of amides is 1. The predicted molar refractivity (Wildman–Crippen MR) is 102 cm³/mol. The minimum Gasteiger partial charge on any atom is -0.468 e. The molecule has 1 atom stereocenters. The van der Waals surface area contributed by atoms with Crippen LogP contribution in [-0.4, -0.2) is 51.6 Å². The molecule has 1 aliphatic rings. The van der Waals surface area contributed by atoms with Gasteiger partial charge in [0.15, 0.2) is 0 Å². The van der Waals surface area contributed by atoms with Crippen molar-refractivity contribution >= 4 is 15.9 Å². The molecule has 7 nitrogen and oxygen atoms in total. The molecular weight excluding hydrogens is 423 g/mol. The van der Waals surface area contributed by atoms with Crippen LogP contribution >= 0.6 is 0 Å². The zero-order valence-corrected chi connectivity index (χ0v) is 16.8. The molecule has 2 aromatic rings. The summed E-state index contributed by atoms with van der Waals surface area (Å²) in [5, 5.41) is 1.74. The first-order chi connectivity index (χ1) is 14.2. The summed E-state index contributed by atoms with van der Waals surface area (Å²) >= 11 is 0. The lowest BCUT2D eigenvalue weighted by atomic mass is 10.2. The van der Waals surface area contributed by atoms with Crippen LogP contribution in [0.1, 0.15) is 35.0 Å². The highest BCUT2D eigenvalue weighted by molar-refractivity contribution is 7.89. The fraction of sp³-hybridized carbons (Fsp3) is 0.421. The normalized spacial score (nSPS) is 16.5. The number of nitrogens with zero attached hydrogens (tertiary/aromatic N) is 1. The number of likely N-dealkylation sites (tertiary alicyclic amines) is 1. The number of rotatable bonds is 8. The maximum atomic E-state index is 12.6. The summed E-state index contributed by atoms with van der Waals surface area (Å²) in [4.78, 5) is 13.8. The maximum absolute atomic E-state index is 12.6. The number of hydrogen-bond donors (Lipinski definition) is 2. The third-order valence-electron chi connectivity index (χ3n) is 4.80. The lowest BCUT2D eigenvalue weighted by Crippen LogP contribution is -2.36. The summed E-state index contributed by atoms with van der Waals surface area (Å²) in [6.45, 7) is 0.325. The SMILES string of the molecule is O=C(NCC(F)(F)F)c1ccc(S(=O)(=O)NCC(c2ccco2)N2CCCC2)cc1. The highest BCUT2D eigenvalue weighted by atomic mass is 32.2. The van der Waals surface area contributed by atoms with E-state index in [9.17, 15) is 26.4 Å². The van der Waals surface area contributed by atoms with Crippen LogP contribution in [0.5, 0.6) is 0 Å². The summed E-state index contributed by atoms with van der Waals surface area (Å²) in [7, 11) is -3.88. The van der Waals surface area contributed by atoms with Gasteiger partial charge >= 0.3 is 6.18 Å². The van der Waals surface area contributed by atoms with Crippen molar-refractivity contribution in [3.63, 3.8) is 0 Å². The molecule has 0 saturated carbocycles. The van der Waals surface area contributed by atoms with Crippen LogP contribution in [0, 0.1) is 0 Å². The van der Waals surface area contributed by atoms with Gasteiger partial charge in [-0.25, -0.2) is 13.1 Å². The van der Waals surface area contributed by atoms with E-state index in [-0.39, 0.29) is 23.0 Å². The lowest BCUT2D eigenvalue weighted by molar-refractivity contribution is -0.123. The topological polar surface area (TPSA) is 91.6 Å². The second kappa shape index (κ2) is 9.19. The molecule has 2 N–H and O–H groups in total. The minimum absolute atomic E-state index is 0.0660. The van der Waals surface area contributed by atoms with Crippen molar-refractivity contribution < 1.29 is 30.8 Å². The Labute approximate surface area is 172 Å². The molecule has 0 aliphatic carbocycles. The van der Waals surface area contributed by atoms with Gasteiger partial charge in [0.2, 0.25) is 10.0 Å². The summed E-state index contributed by atoms with van der Waals surface area (Å²) in [6, 6.07) is 8.01. The monoisotopic (exact) mass is 445 g/mol. The number of halogens is 3. The van der Waals surface area contributed by atoms with E-state index in [0.717, 1.165) is 25.9 Å². The molecule has 1 aromatic carbocycles. The van der Waals surface area contributed by atoms with Crippen LogP contribution in [-0.2, 0) is 10.0 Å². The number of carbonyl (C=O) groups is 1. The Morgan fingerprint density at radius 1 is 1.13 bits per heavy atom. The van der Waals surface area contributed by atoms with Crippen LogP contribution in [0.25, 0.3) is 0 Å². The van der Waals surface area contributed by atoms with E-state index < -0.39 is 28.7 Å². The number of furan rings is 1. The molecule has 164 valence electrons. The zero-order valence-electron chi connectivity index (χ0n) is 16.0. The Morgan fingerprint density at radius 3 is 2.37 bits per heavy atom. The van der Waals surface area contributed by atoms with Gasteiger partial charge in [0.25, 0.3) is 5.91 Å². The largest absolute Gasteiger partial charge is 0.468 e. The number of carbonyl (C=O) groups excluding carboxylic acids is 1. The van der Waals surface area contributed by atoms with Crippen molar-refractivity contribution in [1.82, 2.24) is 14.9 Å². The molecule has 30 heavy (non-hydrogen) atoms. The number of sulfonamides is 1. The van der Waals surface area contributed by atoms with Crippen molar-refractivity contribution in [1.29, 1.82) is 0 Å². The van der Waals surface area contributed by atoms with Gasteiger partial charge in [0, 0.05) is 12.1 Å². The van der Waals surface area contributed by atoms with Gasteiger partial charge in [-0.05, 0) is 62.3 Å². The van der Waals surface area contributed by atoms with E-state index >= 15 is 0 Å². The Hall–Kier alpha value is -2.37. The fourth-order valence-electron chi connectivity index (χ4n) is 3.28. The van der Waals surface area contributed by atoms with Gasteiger partial charge in [-0.3, -0.25) is 9.69 Å². The molecule has 1 fully saturated rings. The molecule has 0 spiro atoms. The third kappa shape index (κ3) is 5.83. The molecule has 1 aromatic heterocycles. The fourth-order valence-corrected chi connectivity index (χ4v) is 4.32. The molecular formula is C19H22F3N3O4S. The van der Waals surface area contributed by atoms with Gasteiger partial charge in [0.05, 0.1) is 17.2 Å². The van der Waals surface area contributed by atoms with Crippen molar-refractivity contribution in [3.8, 4) is 0 Å². The van der Waals surface area contributed by atoms with E-state index in [1.54, 1.807) is 17.4 Å². The first-order valence-corrected chi connectivity index (χ1v) is 10.9. The Bertz CT molecular complexity index is 938. The Balaban J connectivity index is 1.65. The van der Waals surface area contributed by atoms with E-state index in [1.165, 1.54) is 30.5 Å². The molecule has 11 heteroatoms. The second-order valence-electron chi connectivity index (χ2n) is 6.95. The highest BCUT2D eigenvalue weighted by Gasteiger charge is 2.29. The average molecular weight is 445 g/mol. The van der Waals surface area contributed by atoms with Crippen LogP contribution in [0.2, 0.25) is 0 Å². The highest BCUT2D eigenvalue weighted by Crippen LogP contribution is 2.25. The second-order valence-corrected chi connectivity index (χ2v) is 8.72. The van der Waals surface area contributed by atoms with E-state index in [2.05, 4.69) is 9.62 Å². The molecule has 0 radical (unpaired) electrons. The van der Waals surface area contributed by atoms with Crippen molar-refractivity contribution in [3.05, 3.63) is 54.0 Å². The number of benzene rings is 1. The van der Waals surface area contributed by atoms with Gasteiger partial charge < -0.3 is 9.73 Å². The first-order valence-electron chi connectivity index (χ1n) is 9.38. The molecule has 1 saturated heterocycles.